The second-order valence-corrected chi connectivity index (χ2v) is 8.04. The van der Waals surface area contributed by atoms with Gasteiger partial charge >= 0.3 is 0 Å². The van der Waals surface area contributed by atoms with Gasteiger partial charge in [0.05, 0.1) is 0 Å². The molecule has 0 radical (unpaired) electrons. The number of carbonyl (C=O) groups excluding carboxylic acids is 2. The van der Waals surface area contributed by atoms with E-state index < -0.39 is 0 Å². The van der Waals surface area contributed by atoms with Crippen LogP contribution in [-0.2, 0) is 16.1 Å². The number of benzene rings is 2. The van der Waals surface area contributed by atoms with Gasteiger partial charge in [0, 0.05) is 25.1 Å². The maximum Gasteiger partial charge on any atom is 0.243 e. The van der Waals surface area contributed by atoms with E-state index in [1.807, 2.05) is 48.5 Å². The van der Waals surface area contributed by atoms with Crippen LogP contribution in [0.2, 0.25) is 0 Å². The van der Waals surface area contributed by atoms with Gasteiger partial charge in [0.15, 0.2) is 0 Å². The Morgan fingerprint density at radius 2 is 1.91 bits per heavy atom. The first-order valence-electron chi connectivity index (χ1n) is 11.2. The predicted octanol–water partition coefficient (Wildman–Crippen LogP) is 3.33. The lowest BCUT2D eigenvalue weighted by atomic mass is 9.98. The quantitative estimate of drug-likeness (QED) is 0.568. The van der Waals surface area contributed by atoms with Crippen molar-refractivity contribution >= 4 is 11.8 Å². The first-order chi connectivity index (χ1) is 15.7. The minimum atomic E-state index is -0.347. The smallest absolute Gasteiger partial charge is 0.243 e. The van der Waals surface area contributed by atoms with Gasteiger partial charge in [0.25, 0.3) is 0 Å². The molecule has 0 aliphatic carbocycles. The molecule has 8 heteroatoms. The van der Waals surface area contributed by atoms with Crippen molar-refractivity contribution in [3.05, 3.63) is 54.1 Å². The lowest BCUT2D eigenvalue weighted by Crippen LogP contribution is -2.45. The average Bonchev–Trinajstić information content (AvgIpc) is 3.54. The number of H-pyrrole nitrogens is 1. The number of aromatic amines is 1. The standard InChI is InChI=1S/C24H28N6O2/c1-2-3-10-22(31)30-15-6-9-21(30)24(32)25-16-17-11-13-18(14-12-17)19-7-4-5-8-20(19)23-26-28-29-27-23/h4-5,7-8,11-14,21H,2-3,6,9-10,15-16H2,1H3,(H,25,32)(H,26,27,28,29). The van der Waals surface area contributed by atoms with Crippen molar-refractivity contribution in [3.8, 4) is 22.5 Å². The molecule has 1 aromatic heterocycles. The number of amides is 2. The highest BCUT2D eigenvalue weighted by atomic mass is 16.2. The molecule has 2 aromatic carbocycles. The zero-order valence-corrected chi connectivity index (χ0v) is 18.3. The monoisotopic (exact) mass is 432 g/mol. The van der Waals surface area contributed by atoms with Crippen LogP contribution >= 0.6 is 0 Å². The molecule has 1 saturated heterocycles. The Morgan fingerprint density at radius 3 is 2.62 bits per heavy atom. The van der Waals surface area contributed by atoms with Crippen molar-refractivity contribution in [2.75, 3.05) is 6.54 Å². The molecule has 1 fully saturated rings. The van der Waals surface area contributed by atoms with Crippen molar-refractivity contribution in [2.24, 2.45) is 0 Å². The maximum atomic E-state index is 12.7. The molecule has 1 aliphatic rings. The van der Waals surface area contributed by atoms with Gasteiger partial charge in [-0.2, -0.15) is 5.21 Å². The highest BCUT2D eigenvalue weighted by Crippen LogP contribution is 2.29. The molecule has 166 valence electrons. The van der Waals surface area contributed by atoms with E-state index in [9.17, 15) is 9.59 Å². The van der Waals surface area contributed by atoms with Crippen LogP contribution in [0.1, 0.15) is 44.6 Å². The van der Waals surface area contributed by atoms with Crippen LogP contribution in [0.15, 0.2) is 48.5 Å². The van der Waals surface area contributed by atoms with Crippen LogP contribution in [0.4, 0.5) is 0 Å². The lowest BCUT2D eigenvalue weighted by molar-refractivity contribution is -0.138. The van der Waals surface area contributed by atoms with Gasteiger partial charge in [-0.1, -0.05) is 61.9 Å². The molecular weight excluding hydrogens is 404 g/mol. The van der Waals surface area contributed by atoms with Crippen molar-refractivity contribution in [1.82, 2.24) is 30.8 Å². The Bertz CT molecular complexity index is 1050. The number of rotatable bonds is 8. The van der Waals surface area contributed by atoms with Crippen molar-refractivity contribution < 1.29 is 9.59 Å². The Balaban J connectivity index is 1.39. The normalized spacial score (nSPS) is 15.7. The van der Waals surface area contributed by atoms with E-state index >= 15 is 0 Å². The van der Waals surface area contributed by atoms with Crippen LogP contribution in [-0.4, -0.2) is 49.9 Å². The molecule has 0 saturated carbocycles. The molecule has 4 rings (SSSR count). The summed E-state index contributed by atoms with van der Waals surface area (Å²) in [5, 5.41) is 17.3. The second kappa shape index (κ2) is 10.2. The fourth-order valence-corrected chi connectivity index (χ4v) is 4.12. The molecule has 0 bridgehead atoms. The summed E-state index contributed by atoms with van der Waals surface area (Å²) in [5.74, 6) is 0.569. The predicted molar refractivity (Wildman–Crippen MR) is 121 cm³/mol. The van der Waals surface area contributed by atoms with Gasteiger partial charge in [0.1, 0.15) is 6.04 Å². The van der Waals surface area contributed by atoms with E-state index in [0.29, 0.717) is 25.3 Å². The molecule has 8 nitrogen and oxygen atoms in total. The SMILES string of the molecule is CCCCC(=O)N1CCCC1C(=O)NCc1ccc(-c2ccccc2-c2nn[nH]n2)cc1. The van der Waals surface area contributed by atoms with Crippen LogP contribution in [0, 0.1) is 0 Å². The number of likely N-dealkylation sites (tertiary alicyclic amines) is 1. The molecule has 2 amide bonds. The van der Waals surface area contributed by atoms with Gasteiger partial charge in [-0.05, 0) is 41.2 Å². The van der Waals surface area contributed by atoms with Gasteiger partial charge in [-0.15, -0.1) is 10.2 Å². The Morgan fingerprint density at radius 1 is 1.12 bits per heavy atom. The average molecular weight is 433 g/mol. The number of carbonyl (C=O) groups is 2. The number of nitrogens with zero attached hydrogens (tertiary/aromatic N) is 4. The Hall–Kier alpha value is -3.55. The zero-order valence-electron chi connectivity index (χ0n) is 18.3. The highest BCUT2D eigenvalue weighted by Gasteiger charge is 2.33. The third-order valence-electron chi connectivity index (χ3n) is 5.86. The first kappa shape index (κ1) is 21.7. The van der Waals surface area contributed by atoms with E-state index in [0.717, 1.165) is 47.9 Å². The number of hydrogen-bond acceptors (Lipinski definition) is 5. The molecule has 0 spiro atoms. The highest BCUT2D eigenvalue weighted by molar-refractivity contribution is 5.88. The van der Waals surface area contributed by atoms with Gasteiger partial charge in [-0.25, -0.2) is 0 Å². The fourth-order valence-electron chi connectivity index (χ4n) is 4.12. The van der Waals surface area contributed by atoms with E-state index in [1.54, 1.807) is 4.90 Å². The molecule has 1 aliphatic heterocycles. The molecule has 1 unspecified atom stereocenters. The van der Waals surface area contributed by atoms with Crippen LogP contribution < -0.4 is 5.32 Å². The summed E-state index contributed by atoms with van der Waals surface area (Å²) >= 11 is 0. The summed E-state index contributed by atoms with van der Waals surface area (Å²) in [6.45, 7) is 3.17. The van der Waals surface area contributed by atoms with Crippen molar-refractivity contribution in [3.63, 3.8) is 0 Å². The third-order valence-corrected chi connectivity index (χ3v) is 5.86. The molecule has 32 heavy (non-hydrogen) atoms. The molecule has 1 atom stereocenters. The van der Waals surface area contributed by atoms with Crippen LogP contribution in [0.3, 0.4) is 0 Å². The number of aromatic nitrogens is 4. The third kappa shape index (κ3) is 4.85. The number of hydrogen-bond donors (Lipinski definition) is 2. The second-order valence-electron chi connectivity index (χ2n) is 8.04. The molecule has 2 N–H and O–H groups in total. The summed E-state index contributed by atoms with van der Waals surface area (Å²) in [7, 11) is 0. The maximum absolute atomic E-state index is 12.7. The van der Waals surface area contributed by atoms with E-state index in [4.69, 9.17) is 0 Å². The van der Waals surface area contributed by atoms with Gasteiger partial charge in [0.2, 0.25) is 17.6 Å². The Labute approximate surface area is 187 Å². The minimum absolute atomic E-state index is 0.0705. The largest absolute Gasteiger partial charge is 0.350 e. The number of tetrazole rings is 1. The summed E-state index contributed by atoms with van der Waals surface area (Å²) < 4.78 is 0. The molecular formula is C24H28N6O2. The van der Waals surface area contributed by atoms with E-state index in [2.05, 4.69) is 32.9 Å². The Kier molecular flexibility index (Phi) is 6.89. The molecule has 2 heterocycles. The van der Waals surface area contributed by atoms with Crippen molar-refractivity contribution in [1.29, 1.82) is 0 Å². The van der Waals surface area contributed by atoms with E-state index in [1.165, 1.54) is 0 Å². The van der Waals surface area contributed by atoms with Crippen LogP contribution in [0.5, 0.6) is 0 Å². The number of unbranched alkanes of at least 4 members (excludes halogenated alkanes) is 1. The number of nitrogens with one attached hydrogen (secondary N) is 2. The summed E-state index contributed by atoms with van der Waals surface area (Å²) in [6, 6.07) is 15.6. The summed E-state index contributed by atoms with van der Waals surface area (Å²) in [4.78, 5) is 26.9. The molecule has 3 aromatic rings. The van der Waals surface area contributed by atoms with Crippen molar-refractivity contribution in [2.45, 2.75) is 51.6 Å². The topological polar surface area (TPSA) is 104 Å². The zero-order chi connectivity index (χ0) is 22.3. The van der Waals surface area contributed by atoms with Gasteiger partial charge in [-0.3, -0.25) is 9.59 Å². The minimum Gasteiger partial charge on any atom is -0.350 e. The summed E-state index contributed by atoms with van der Waals surface area (Å²) in [6.07, 6.45) is 3.98. The van der Waals surface area contributed by atoms with Gasteiger partial charge < -0.3 is 10.2 Å². The van der Waals surface area contributed by atoms with Crippen LogP contribution in [0.25, 0.3) is 22.5 Å². The first-order valence-corrected chi connectivity index (χ1v) is 11.2. The fraction of sp³-hybridized carbons (Fsp3) is 0.375. The van der Waals surface area contributed by atoms with E-state index in [-0.39, 0.29) is 17.9 Å². The lowest BCUT2D eigenvalue weighted by Gasteiger charge is -2.24. The summed E-state index contributed by atoms with van der Waals surface area (Å²) in [5.41, 5.74) is 3.94.